The van der Waals surface area contributed by atoms with Crippen molar-refractivity contribution in [3.05, 3.63) is 12.2 Å². The minimum absolute atomic E-state index is 0.287. The van der Waals surface area contributed by atoms with Crippen LogP contribution in [0.1, 0.15) is 45.4 Å². The Morgan fingerprint density at radius 2 is 2.36 bits per heavy atom. The fraction of sp³-hybridized carbons (Fsp3) is 0.833. The molecule has 82 valence electrons. The topological polar surface area (TPSA) is 35.2 Å². The van der Waals surface area contributed by atoms with E-state index in [-0.39, 0.29) is 6.04 Å². The van der Waals surface area contributed by atoms with Crippen LogP contribution < -0.4 is 5.73 Å². The van der Waals surface area contributed by atoms with E-state index in [0.717, 1.165) is 25.9 Å². The lowest BCUT2D eigenvalue weighted by Gasteiger charge is -2.25. The summed E-state index contributed by atoms with van der Waals surface area (Å²) in [5.41, 5.74) is 7.26. The number of hydrogen-bond acceptors (Lipinski definition) is 2. The Kier molecular flexibility index (Phi) is 5.20. The maximum atomic E-state index is 6.03. The molecule has 0 amide bonds. The van der Waals surface area contributed by atoms with E-state index in [4.69, 9.17) is 10.5 Å². The predicted molar refractivity (Wildman–Crippen MR) is 60.2 cm³/mol. The van der Waals surface area contributed by atoms with Gasteiger partial charge in [0.2, 0.25) is 0 Å². The molecular formula is C12H23NO. The number of hydrogen-bond donors (Lipinski definition) is 1. The predicted octanol–water partition coefficient (Wildman–Crippen LogP) is 2.63. The fourth-order valence-electron chi connectivity index (χ4n) is 1.88. The molecule has 0 bridgehead atoms. The van der Waals surface area contributed by atoms with E-state index in [1.54, 1.807) is 0 Å². The van der Waals surface area contributed by atoms with Crippen molar-refractivity contribution >= 4 is 0 Å². The van der Waals surface area contributed by atoms with Crippen molar-refractivity contribution in [1.82, 2.24) is 0 Å². The summed E-state index contributed by atoms with van der Waals surface area (Å²) in [7, 11) is 0. The van der Waals surface area contributed by atoms with Crippen molar-refractivity contribution in [1.29, 1.82) is 0 Å². The van der Waals surface area contributed by atoms with Crippen LogP contribution in [-0.4, -0.2) is 18.8 Å². The van der Waals surface area contributed by atoms with Gasteiger partial charge in [0, 0.05) is 12.6 Å². The zero-order valence-electron chi connectivity index (χ0n) is 9.30. The molecule has 2 N–H and O–H groups in total. The van der Waals surface area contributed by atoms with Gasteiger partial charge in [0.25, 0.3) is 0 Å². The molecular weight excluding hydrogens is 174 g/mol. The van der Waals surface area contributed by atoms with Gasteiger partial charge in [0.15, 0.2) is 0 Å². The van der Waals surface area contributed by atoms with E-state index in [9.17, 15) is 0 Å². The molecule has 1 saturated heterocycles. The molecule has 0 aromatic heterocycles. The maximum absolute atomic E-state index is 6.03. The molecule has 0 spiro atoms. The Labute approximate surface area is 87.5 Å². The van der Waals surface area contributed by atoms with Crippen LogP contribution in [-0.2, 0) is 4.74 Å². The lowest BCUT2D eigenvalue weighted by Crippen LogP contribution is -2.29. The lowest BCUT2D eigenvalue weighted by atomic mass is 9.98. The van der Waals surface area contributed by atoms with Crippen LogP contribution in [0.5, 0.6) is 0 Å². The molecule has 1 aliphatic heterocycles. The first-order valence-electron chi connectivity index (χ1n) is 5.70. The third-order valence-electron chi connectivity index (χ3n) is 2.78. The highest BCUT2D eigenvalue weighted by Gasteiger charge is 2.16. The first-order valence-corrected chi connectivity index (χ1v) is 5.70. The van der Waals surface area contributed by atoms with Crippen LogP contribution in [0.25, 0.3) is 0 Å². The summed E-state index contributed by atoms with van der Waals surface area (Å²) < 4.78 is 5.65. The molecule has 0 aromatic rings. The number of rotatable bonds is 5. The Morgan fingerprint density at radius 3 is 2.93 bits per heavy atom. The summed E-state index contributed by atoms with van der Waals surface area (Å²) in [6.07, 6.45) is 7.26. The van der Waals surface area contributed by atoms with E-state index < -0.39 is 0 Å². The number of nitrogens with two attached hydrogens (primary N) is 1. The van der Waals surface area contributed by atoms with Crippen molar-refractivity contribution in [2.45, 2.75) is 57.6 Å². The van der Waals surface area contributed by atoms with Crippen LogP contribution in [0.15, 0.2) is 12.2 Å². The molecule has 2 heteroatoms. The second-order valence-electron chi connectivity index (χ2n) is 4.48. The third-order valence-corrected chi connectivity index (χ3v) is 2.78. The molecule has 1 fully saturated rings. The summed E-state index contributed by atoms with van der Waals surface area (Å²) in [6, 6.07) is 0.287. The van der Waals surface area contributed by atoms with Gasteiger partial charge in [-0.1, -0.05) is 5.57 Å². The molecule has 1 rings (SSSR count). The minimum Gasteiger partial charge on any atom is -0.378 e. The van der Waals surface area contributed by atoms with Crippen molar-refractivity contribution in [3.63, 3.8) is 0 Å². The van der Waals surface area contributed by atoms with Gasteiger partial charge in [-0.3, -0.25) is 0 Å². The molecule has 1 aliphatic rings. The van der Waals surface area contributed by atoms with Crippen molar-refractivity contribution < 1.29 is 4.74 Å². The molecule has 0 aromatic carbocycles. The summed E-state index contributed by atoms with van der Waals surface area (Å²) in [5, 5.41) is 0. The summed E-state index contributed by atoms with van der Waals surface area (Å²) in [5.74, 6) is 0. The normalized spacial score (nSPS) is 24.6. The molecule has 2 nitrogen and oxygen atoms in total. The van der Waals surface area contributed by atoms with Gasteiger partial charge in [0.1, 0.15) is 0 Å². The molecule has 1 heterocycles. The quantitative estimate of drug-likeness (QED) is 0.688. The molecule has 2 unspecified atom stereocenters. The van der Waals surface area contributed by atoms with E-state index in [1.165, 1.54) is 24.8 Å². The Hall–Kier alpha value is -0.340. The Morgan fingerprint density at radius 1 is 1.57 bits per heavy atom. The smallest absolute Gasteiger partial charge is 0.0589 e. The molecule has 2 atom stereocenters. The highest BCUT2D eigenvalue weighted by molar-refractivity contribution is 4.89. The van der Waals surface area contributed by atoms with Crippen LogP contribution in [0.3, 0.4) is 0 Å². The second kappa shape index (κ2) is 6.20. The van der Waals surface area contributed by atoms with Gasteiger partial charge in [-0.15, -0.1) is 6.58 Å². The van der Waals surface area contributed by atoms with Crippen LogP contribution in [0.4, 0.5) is 0 Å². The van der Waals surface area contributed by atoms with E-state index in [2.05, 4.69) is 13.5 Å². The lowest BCUT2D eigenvalue weighted by molar-refractivity contribution is 0.00704. The molecule has 14 heavy (non-hydrogen) atoms. The van der Waals surface area contributed by atoms with E-state index >= 15 is 0 Å². The largest absolute Gasteiger partial charge is 0.378 e. The van der Waals surface area contributed by atoms with Gasteiger partial charge in [0.05, 0.1) is 6.10 Å². The zero-order valence-corrected chi connectivity index (χ0v) is 9.30. The van der Waals surface area contributed by atoms with E-state index in [0.29, 0.717) is 6.10 Å². The number of ether oxygens (including phenoxy) is 1. The average Bonchev–Trinajstić information content (AvgIpc) is 2.16. The maximum Gasteiger partial charge on any atom is 0.0589 e. The molecule has 0 radical (unpaired) electrons. The van der Waals surface area contributed by atoms with Gasteiger partial charge >= 0.3 is 0 Å². The summed E-state index contributed by atoms with van der Waals surface area (Å²) in [4.78, 5) is 0. The molecule has 0 aliphatic carbocycles. The molecule has 0 saturated carbocycles. The van der Waals surface area contributed by atoms with Crippen LogP contribution in [0, 0.1) is 0 Å². The van der Waals surface area contributed by atoms with Crippen molar-refractivity contribution in [2.24, 2.45) is 5.73 Å². The fourth-order valence-corrected chi connectivity index (χ4v) is 1.88. The number of allylic oxidation sites excluding steroid dienone is 1. The summed E-state index contributed by atoms with van der Waals surface area (Å²) in [6.45, 7) is 6.87. The SMILES string of the molecule is C=C(C)CCC(N)CC1CCCCO1. The van der Waals surface area contributed by atoms with Gasteiger partial charge < -0.3 is 10.5 Å². The van der Waals surface area contributed by atoms with Crippen LogP contribution in [0.2, 0.25) is 0 Å². The van der Waals surface area contributed by atoms with E-state index in [1.807, 2.05) is 0 Å². The average molecular weight is 197 g/mol. The second-order valence-corrected chi connectivity index (χ2v) is 4.48. The third kappa shape index (κ3) is 4.77. The van der Waals surface area contributed by atoms with Crippen LogP contribution >= 0.6 is 0 Å². The first-order chi connectivity index (χ1) is 6.68. The Balaban J connectivity index is 2.11. The monoisotopic (exact) mass is 197 g/mol. The highest BCUT2D eigenvalue weighted by atomic mass is 16.5. The minimum atomic E-state index is 0.287. The summed E-state index contributed by atoms with van der Waals surface area (Å²) >= 11 is 0. The van der Waals surface area contributed by atoms with Crippen molar-refractivity contribution in [3.8, 4) is 0 Å². The van der Waals surface area contributed by atoms with Gasteiger partial charge in [-0.2, -0.15) is 0 Å². The highest BCUT2D eigenvalue weighted by Crippen LogP contribution is 2.18. The van der Waals surface area contributed by atoms with Gasteiger partial charge in [-0.25, -0.2) is 0 Å². The standard InChI is InChI=1S/C12H23NO/c1-10(2)6-7-11(13)9-12-5-3-4-8-14-12/h11-12H,1,3-9,13H2,2H3. The zero-order chi connectivity index (χ0) is 10.4. The Bertz CT molecular complexity index is 173. The van der Waals surface area contributed by atoms with Crippen molar-refractivity contribution in [2.75, 3.05) is 6.61 Å². The van der Waals surface area contributed by atoms with Gasteiger partial charge in [-0.05, 0) is 45.4 Å². The first kappa shape index (κ1) is 11.7.